The van der Waals surface area contributed by atoms with Crippen LogP contribution in [0.25, 0.3) is 0 Å². The number of likely N-dealkylation sites (tertiary alicyclic amines) is 1. The van der Waals surface area contributed by atoms with Gasteiger partial charge in [0.1, 0.15) is 12.6 Å². The Labute approximate surface area is 182 Å². The minimum atomic E-state index is -4.08. The first-order valence-electron chi connectivity index (χ1n) is 10.5. The normalized spacial score (nSPS) is 19.5. The van der Waals surface area contributed by atoms with Crippen LogP contribution in [0.2, 0.25) is 0 Å². The van der Waals surface area contributed by atoms with Crippen molar-refractivity contribution >= 4 is 27.5 Å². The Kier molecular flexibility index (Phi) is 7.65. The van der Waals surface area contributed by atoms with Gasteiger partial charge in [-0.1, -0.05) is 13.0 Å². The monoisotopic (exact) mass is 454 g/mol. The molecule has 4 N–H and O–H groups in total. The van der Waals surface area contributed by atoms with Gasteiger partial charge in [-0.05, 0) is 37.0 Å². The maximum absolute atomic E-state index is 13.2. The summed E-state index contributed by atoms with van der Waals surface area (Å²) in [6.07, 6.45) is 0.828. The number of ether oxygens (including phenoxy) is 1. The van der Waals surface area contributed by atoms with E-state index in [1.54, 1.807) is 12.1 Å². The number of rotatable bonds is 7. The van der Waals surface area contributed by atoms with E-state index in [9.17, 15) is 23.1 Å². The lowest BCUT2D eigenvalue weighted by Gasteiger charge is -2.32. The van der Waals surface area contributed by atoms with Gasteiger partial charge in [0, 0.05) is 31.9 Å². The van der Waals surface area contributed by atoms with E-state index in [0.717, 1.165) is 0 Å². The van der Waals surface area contributed by atoms with E-state index < -0.39 is 28.1 Å². The first-order chi connectivity index (χ1) is 14.8. The molecule has 0 spiro atoms. The number of morpholine rings is 1. The molecular weight excluding hydrogens is 424 g/mol. The van der Waals surface area contributed by atoms with Gasteiger partial charge >= 0.3 is 0 Å². The smallest absolute Gasteiger partial charge is 0.253 e. The summed E-state index contributed by atoms with van der Waals surface area (Å²) >= 11 is 0. The Bertz CT molecular complexity index is 914. The first-order valence-corrected chi connectivity index (χ1v) is 12.0. The molecule has 0 aromatic heterocycles. The molecule has 1 aromatic carbocycles. The third kappa shape index (κ3) is 5.24. The molecule has 2 amide bonds. The number of amides is 2. The molecule has 2 saturated heterocycles. The van der Waals surface area contributed by atoms with Crippen molar-refractivity contribution in [1.82, 2.24) is 9.62 Å². The molecule has 1 atom stereocenters. The van der Waals surface area contributed by atoms with Crippen LogP contribution < -0.4 is 15.4 Å². The number of aliphatic hydroxyl groups is 1. The van der Waals surface area contributed by atoms with Crippen molar-refractivity contribution in [3.63, 3.8) is 0 Å². The molecule has 2 aliphatic rings. The zero-order valence-corrected chi connectivity index (χ0v) is 18.4. The quantitative estimate of drug-likeness (QED) is 0.490. The summed E-state index contributed by atoms with van der Waals surface area (Å²) in [6, 6.07) is 3.65. The van der Waals surface area contributed by atoms with Gasteiger partial charge in [-0.15, -0.1) is 0 Å². The van der Waals surface area contributed by atoms with Crippen molar-refractivity contribution in [3.8, 4) is 0 Å². The maximum Gasteiger partial charge on any atom is 0.253 e. The number of nitrogens with two attached hydrogens (primary N) is 1. The van der Waals surface area contributed by atoms with Crippen molar-refractivity contribution in [2.45, 2.75) is 43.2 Å². The topological polar surface area (TPSA) is 142 Å². The van der Waals surface area contributed by atoms with E-state index in [0.29, 0.717) is 56.8 Å². The number of benzene rings is 1. The average molecular weight is 455 g/mol. The van der Waals surface area contributed by atoms with Gasteiger partial charge in [-0.2, -0.15) is 4.72 Å². The highest BCUT2D eigenvalue weighted by Crippen LogP contribution is 2.29. The minimum absolute atomic E-state index is 0.0205. The minimum Gasteiger partial charge on any atom is -0.393 e. The van der Waals surface area contributed by atoms with Crippen molar-refractivity contribution in [2.24, 2.45) is 5.73 Å². The number of nitrogens with zero attached hydrogens (tertiary/aromatic N) is 2. The molecular formula is C20H30N4O6S. The third-order valence-corrected chi connectivity index (χ3v) is 7.19. The largest absolute Gasteiger partial charge is 0.393 e. The highest BCUT2D eigenvalue weighted by molar-refractivity contribution is 7.89. The van der Waals surface area contributed by atoms with Gasteiger partial charge in [0.15, 0.2) is 0 Å². The molecule has 2 aliphatic heterocycles. The second kappa shape index (κ2) is 10.0. The third-order valence-electron chi connectivity index (χ3n) is 5.64. The second-order valence-electron chi connectivity index (χ2n) is 7.67. The van der Waals surface area contributed by atoms with E-state index in [2.05, 4.69) is 4.72 Å². The van der Waals surface area contributed by atoms with Gasteiger partial charge in [0.2, 0.25) is 15.9 Å². The second-order valence-corrected chi connectivity index (χ2v) is 9.35. The van der Waals surface area contributed by atoms with E-state index in [1.165, 1.54) is 15.9 Å². The summed E-state index contributed by atoms with van der Waals surface area (Å²) in [4.78, 5) is 28.2. The zero-order valence-electron chi connectivity index (χ0n) is 17.6. The standard InChI is InChI=1S/C20H30N4O6S/c1-2-15-17(24-10-11-30-13-19(24)26)4-3-5-18(15)31(28,29)22-16(12-21)20(27)23-8-6-14(25)7-9-23/h3-5,14,16,22,25H,2,6-13,21H2,1H3/t16-/m0/s1. The number of sulfonamides is 1. The van der Waals surface area contributed by atoms with Crippen LogP contribution in [0.4, 0.5) is 5.69 Å². The summed E-state index contributed by atoms with van der Waals surface area (Å²) in [5, 5.41) is 9.64. The van der Waals surface area contributed by atoms with Crippen LogP contribution in [0, 0.1) is 0 Å². The molecule has 3 rings (SSSR count). The predicted molar refractivity (Wildman–Crippen MR) is 114 cm³/mol. The van der Waals surface area contributed by atoms with Crippen LogP contribution in [0.15, 0.2) is 23.1 Å². The number of carbonyl (C=O) groups excluding carboxylic acids is 2. The van der Waals surface area contributed by atoms with Gasteiger partial charge in [0.25, 0.3) is 5.91 Å². The van der Waals surface area contributed by atoms with Gasteiger partial charge in [-0.25, -0.2) is 8.42 Å². The summed E-state index contributed by atoms with van der Waals surface area (Å²) in [5.41, 5.74) is 6.76. The lowest BCUT2D eigenvalue weighted by molar-refractivity contribution is -0.134. The maximum atomic E-state index is 13.2. The summed E-state index contributed by atoms with van der Waals surface area (Å²) in [7, 11) is -4.08. The van der Waals surface area contributed by atoms with Crippen LogP contribution in [-0.4, -0.2) is 81.8 Å². The fourth-order valence-corrected chi connectivity index (χ4v) is 5.47. The molecule has 0 aliphatic carbocycles. The summed E-state index contributed by atoms with van der Waals surface area (Å²) in [6.45, 7) is 2.99. The molecule has 0 unspecified atom stereocenters. The Balaban J connectivity index is 1.86. The van der Waals surface area contributed by atoms with Crippen molar-refractivity contribution < 1.29 is 27.9 Å². The number of piperidine rings is 1. The van der Waals surface area contributed by atoms with Gasteiger partial charge in [-0.3, -0.25) is 9.59 Å². The Hall–Kier alpha value is -2.05. The summed E-state index contributed by atoms with van der Waals surface area (Å²) < 4.78 is 34.1. The summed E-state index contributed by atoms with van der Waals surface area (Å²) in [5.74, 6) is -0.638. The van der Waals surface area contributed by atoms with Crippen LogP contribution in [0.3, 0.4) is 0 Å². The van der Waals surface area contributed by atoms with E-state index in [4.69, 9.17) is 10.5 Å². The van der Waals surface area contributed by atoms with Crippen molar-refractivity contribution in [1.29, 1.82) is 0 Å². The average Bonchev–Trinajstić information content (AvgIpc) is 2.77. The molecule has 1 aromatic rings. The molecule has 0 saturated carbocycles. The number of hydrogen-bond donors (Lipinski definition) is 3. The highest BCUT2D eigenvalue weighted by Gasteiger charge is 2.32. The SMILES string of the molecule is CCc1c(N2CCOCC2=O)cccc1S(=O)(=O)N[C@@H](CN)C(=O)N1CCC(O)CC1. The molecule has 0 radical (unpaired) electrons. The van der Waals surface area contributed by atoms with E-state index >= 15 is 0 Å². The van der Waals surface area contributed by atoms with E-state index in [-0.39, 0.29) is 24.0 Å². The number of carbonyl (C=O) groups is 2. The fraction of sp³-hybridized carbons (Fsp3) is 0.600. The van der Waals surface area contributed by atoms with Crippen LogP contribution in [0.1, 0.15) is 25.3 Å². The van der Waals surface area contributed by atoms with Gasteiger partial charge < -0.3 is 25.4 Å². The van der Waals surface area contributed by atoms with E-state index in [1.807, 2.05) is 6.92 Å². The molecule has 11 heteroatoms. The van der Waals surface area contributed by atoms with Gasteiger partial charge in [0.05, 0.1) is 17.6 Å². The number of nitrogens with one attached hydrogen (secondary N) is 1. The molecule has 172 valence electrons. The predicted octanol–water partition coefficient (Wildman–Crippen LogP) is -0.799. The molecule has 31 heavy (non-hydrogen) atoms. The fourth-order valence-electron chi connectivity index (χ4n) is 3.94. The molecule has 2 heterocycles. The highest BCUT2D eigenvalue weighted by atomic mass is 32.2. The number of anilines is 1. The Morgan fingerprint density at radius 2 is 2.03 bits per heavy atom. The first kappa shape index (κ1) is 23.6. The van der Waals surface area contributed by atoms with Crippen LogP contribution in [-0.2, 0) is 30.8 Å². The zero-order chi connectivity index (χ0) is 22.6. The molecule has 10 nitrogen and oxygen atoms in total. The van der Waals surface area contributed by atoms with Crippen LogP contribution in [0.5, 0.6) is 0 Å². The van der Waals surface area contributed by atoms with Crippen molar-refractivity contribution in [3.05, 3.63) is 23.8 Å². The lowest BCUT2D eigenvalue weighted by Crippen LogP contribution is -2.54. The Morgan fingerprint density at radius 3 is 2.65 bits per heavy atom. The molecule has 2 fully saturated rings. The lowest BCUT2D eigenvalue weighted by atomic mass is 10.1. The Morgan fingerprint density at radius 1 is 1.32 bits per heavy atom. The number of hydrogen-bond acceptors (Lipinski definition) is 7. The van der Waals surface area contributed by atoms with Crippen LogP contribution >= 0.6 is 0 Å². The molecule has 0 bridgehead atoms. The van der Waals surface area contributed by atoms with Crippen molar-refractivity contribution in [2.75, 3.05) is 44.3 Å². The number of aliphatic hydroxyl groups excluding tert-OH is 1.